The summed E-state index contributed by atoms with van der Waals surface area (Å²) in [6, 6.07) is 7.01. The zero-order valence-corrected chi connectivity index (χ0v) is 12.9. The van der Waals surface area contributed by atoms with E-state index in [9.17, 15) is 14.4 Å². The quantitative estimate of drug-likeness (QED) is 0.619. The van der Waals surface area contributed by atoms with E-state index in [1.54, 1.807) is 49.4 Å². The van der Waals surface area contributed by atoms with Crippen molar-refractivity contribution in [2.24, 2.45) is 10.9 Å². The fraction of sp³-hybridized carbons (Fsp3) is 0.158. The third-order valence-corrected chi connectivity index (χ3v) is 4.36. The molecule has 1 atom stereocenters. The Kier molecular flexibility index (Phi) is 3.16. The van der Waals surface area contributed by atoms with E-state index in [4.69, 9.17) is 4.74 Å². The Balaban J connectivity index is 2.06. The number of rotatable bonds is 2. The predicted octanol–water partition coefficient (Wildman–Crippen LogP) is 2.29. The van der Waals surface area contributed by atoms with Gasteiger partial charge in [0.05, 0.1) is 18.2 Å². The Hall–Kier alpha value is -3.08. The van der Waals surface area contributed by atoms with Gasteiger partial charge in [0.1, 0.15) is 5.57 Å². The summed E-state index contributed by atoms with van der Waals surface area (Å²) >= 11 is 0. The van der Waals surface area contributed by atoms with Crippen molar-refractivity contribution >= 4 is 28.9 Å². The summed E-state index contributed by atoms with van der Waals surface area (Å²) < 4.78 is 5.06. The molecule has 24 heavy (non-hydrogen) atoms. The molecule has 0 aromatic heterocycles. The fourth-order valence-electron chi connectivity index (χ4n) is 3.41. The molecule has 0 saturated carbocycles. The number of carbonyl (C=O) groups excluding carboxylic acids is 3. The molecule has 0 fully saturated rings. The smallest absolute Gasteiger partial charge is 0.344 e. The molecular weight excluding hydrogens is 306 g/mol. The number of aliphatic imine (C=N–C) groups is 1. The van der Waals surface area contributed by atoms with Gasteiger partial charge in [-0.3, -0.25) is 9.59 Å². The van der Waals surface area contributed by atoms with Crippen LogP contribution in [0, 0.1) is 5.92 Å². The van der Waals surface area contributed by atoms with Crippen molar-refractivity contribution in [1.29, 1.82) is 0 Å². The number of ether oxygens (including phenoxy) is 1. The van der Waals surface area contributed by atoms with Crippen LogP contribution < -0.4 is 0 Å². The molecule has 0 saturated heterocycles. The number of fused-ring (bicyclic) bond motifs is 2. The molecule has 1 heterocycles. The summed E-state index contributed by atoms with van der Waals surface area (Å²) in [4.78, 5) is 41.7. The maximum Gasteiger partial charge on any atom is 0.344 e. The number of esters is 1. The van der Waals surface area contributed by atoms with Gasteiger partial charge in [0.25, 0.3) is 5.91 Å². The van der Waals surface area contributed by atoms with Crippen LogP contribution >= 0.6 is 0 Å². The molecule has 0 bridgehead atoms. The Morgan fingerprint density at radius 2 is 1.96 bits per heavy atom. The summed E-state index contributed by atoms with van der Waals surface area (Å²) in [6.07, 6.45) is 5.13. The number of carbonyl (C=O) groups is 3. The molecule has 5 nitrogen and oxygen atoms in total. The molecular formula is C19H13NO4. The van der Waals surface area contributed by atoms with Gasteiger partial charge in [-0.1, -0.05) is 36.4 Å². The van der Waals surface area contributed by atoms with Crippen molar-refractivity contribution < 1.29 is 19.1 Å². The topological polar surface area (TPSA) is 72.8 Å². The maximum absolute atomic E-state index is 12.8. The Bertz CT molecular complexity index is 930. The van der Waals surface area contributed by atoms with E-state index < -0.39 is 17.8 Å². The minimum Gasteiger partial charge on any atom is -0.462 e. The fourth-order valence-corrected chi connectivity index (χ4v) is 3.41. The number of amides is 1. The average Bonchev–Trinajstić information content (AvgIpc) is 2.59. The first-order chi connectivity index (χ1) is 11.6. The standard InChI is InChI=1S/C19H13NO4/c1-2-24-19(23)16-15-10-6-3-4-7-11(10)17(21)12-8-5-9-13(14(12)15)20-18(16)22/h3-9,14H,2H2,1H3. The lowest BCUT2D eigenvalue weighted by molar-refractivity contribution is -0.139. The molecule has 1 amide bonds. The first-order valence-electron chi connectivity index (χ1n) is 7.70. The summed E-state index contributed by atoms with van der Waals surface area (Å²) in [6.45, 7) is 1.84. The van der Waals surface area contributed by atoms with Crippen LogP contribution in [0.15, 0.2) is 58.6 Å². The molecule has 2 aliphatic carbocycles. The van der Waals surface area contributed by atoms with Crippen LogP contribution in [-0.2, 0) is 14.3 Å². The lowest BCUT2D eigenvalue weighted by Crippen LogP contribution is -2.36. The molecule has 3 aliphatic rings. The normalized spacial score (nSPS) is 21.0. The first kappa shape index (κ1) is 14.5. The van der Waals surface area contributed by atoms with E-state index in [0.29, 0.717) is 28.0 Å². The SMILES string of the molecule is CCOC(=O)C1=C2c3ccccc3C(=O)C3=CC=CC(=NC1=O)C32. The number of hydrogen-bond donors (Lipinski definition) is 0. The molecule has 0 N–H and O–H groups in total. The van der Waals surface area contributed by atoms with Crippen molar-refractivity contribution in [3.05, 3.63) is 64.8 Å². The maximum atomic E-state index is 12.8. The van der Waals surface area contributed by atoms with Crippen LogP contribution in [-0.4, -0.2) is 30.0 Å². The van der Waals surface area contributed by atoms with Gasteiger partial charge in [0, 0.05) is 11.1 Å². The van der Waals surface area contributed by atoms with Gasteiger partial charge in [0.15, 0.2) is 5.78 Å². The largest absolute Gasteiger partial charge is 0.462 e. The number of Topliss-reactive ketones (excluding diaryl/α,β-unsaturated/α-hetero) is 1. The molecule has 0 spiro atoms. The lowest BCUT2D eigenvalue weighted by Gasteiger charge is -2.34. The van der Waals surface area contributed by atoms with Gasteiger partial charge in [-0.05, 0) is 24.1 Å². The lowest BCUT2D eigenvalue weighted by atomic mass is 9.69. The van der Waals surface area contributed by atoms with E-state index in [2.05, 4.69) is 4.99 Å². The molecule has 1 aromatic carbocycles. The van der Waals surface area contributed by atoms with Crippen LogP contribution in [0.2, 0.25) is 0 Å². The zero-order chi connectivity index (χ0) is 16.8. The van der Waals surface area contributed by atoms with Crippen molar-refractivity contribution in [3.8, 4) is 0 Å². The summed E-state index contributed by atoms with van der Waals surface area (Å²) in [5.74, 6) is -1.91. The highest BCUT2D eigenvalue weighted by molar-refractivity contribution is 6.35. The van der Waals surface area contributed by atoms with Crippen LogP contribution in [0.25, 0.3) is 5.57 Å². The molecule has 0 radical (unpaired) electrons. The molecule has 4 rings (SSSR count). The van der Waals surface area contributed by atoms with Crippen molar-refractivity contribution in [2.75, 3.05) is 6.61 Å². The molecule has 1 aliphatic heterocycles. The number of hydrogen-bond acceptors (Lipinski definition) is 4. The molecule has 118 valence electrons. The van der Waals surface area contributed by atoms with Crippen LogP contribution in [0.5, 0.6) is 0 Å². The van der Waals surface area contributed by atoms with E-state index in [1.165, 1.54) is 0 Å². The highest BCUT2D eigenvalue weighted by atomic mass is 16.5. The van der Waals surface area contributed by atoms with Gasteiger partial charge >= 0.3 is 5.97 Å². The van der Waals surface area contributed by atoms with E-state index in [1.807, 2.05) is 0 Å². The first-order valence-corrected chi connectivity index (χ1v) is 7.70. The van der Waals surface area contributed by atoms with Gasteiger partial charge in [-0.25, -0.2) is 9.79 Å². The second-order valence-electron chi connectivity index (χ2n) is 5.64. The molecule has 1 unspecified atom stereocenters. The van der Waals surface area contributed by atoms with Crippen molar-refractivity contribution in [1.82, 2.24) is 0 Å². The molecule has 5 heteroatoms. The second-order valence-corrected chi connectivity index (χ2v) is 5.64. The van der Waals surface area contributed by atoms with Crippen molar-refractivity contribution in [3.63, 3.8) is 0 Å². The highest BCUT2D eigenvalue weighted by Gasteiger charge is 2.44. The Morgan fingerprint density at radius 1 is 1.21 bits per heavy atom. The third-order valence-electron chi connectivity index (χ3n) is 4.36. The van der Waals surface area contributed by atoms with Crippen LogP contribution in [0.1, 0.15) is 22.8 Å². The van der Waals surface area contributed by atoms with E-state index in [-0.39, 0.29) is 18.0 Å². The molecule has 1 aromatic rings. The second kappa shape index (κ2) is 5.23. The average molecular weight is 319 g/mol. The zero-order valence-electron chi connectivity index (χ0n) is 12.9. The van der Waals surface area contributed by atoms with E-state index >= 15 is 0 Å². The summed E-state index contributed by atoms with van der Waals surface area (Å²) in [5.41, 5.74) is 2.55. The van der Waals surface area contributed by atoms with Gasteiger partial charge in [0.2, 0.25) is 0 Å². The third kappa shape index (κ3) is 1.88. The Morgan fingerprint density at radius 3 is 2.71 bits per heavy atom. The predicted molar refractivity (Wildman–Crippen MR) is 87.5 cm³/mol. The van der Waals surface area contributed by atoms with Crippen LogP contribution in [0.3, 0.4) is 0 Å². The summed E-state index contributed by atoms with van der Waals surface area (Å²) in [5, 5.41) is 0. The van der Waals surface area contributed by atoms with Crippen molar-refractivity contribution in [2.45, 2.75) is 6.92 Å². The highest BCUT2D eigenvalue weighted by Crippen LogP contribution is 2.45. The minimum atomic E-state index is -0.696. The van der Waals surface area contributed by atoms with E-state index in [0.717, 1.165) is 0 Å². The van der Waals surface area contributed by atoms with Gasteiger partial charge in [-0.2, -0.15) is 0 Å². The number of benzene rings is 1. The minimum absolute atomic E-state index is 0.0771. The van der Waals surface area contributed by atoms with Gasteiger partial charge in [-0.15, -0.1) is 0 Å². The number of nitrogens with zero attached hydrogens (tertiary/aromatic N) is 1. The summed E-state index contributed by atoms with van der Waals surface area (Å²) in [7, 11) is 0. The number of ketones is 1. The number of allylic oxidation sites excluding steroid dienone is 5. The van der Waals surface area contributed by atoms with Gasteiger partial charge < -0.3 is 4.74 Å². The Labute approximate surface area is 138 Å². The number of dihydropyridines is 1. The monoisotopic (exact) mass is 319 g/mol. The van der Waals surface area contributed by atoms with Crippen LogP contribution in [0.4, 0.5) is 0 Å².